The van der Waals surface area contributed by atoms with Crippen LogP contribution in [0.5, 0.6) is 11.8 Å². The molecule has 0 aromatic carbocycles. The summed E-state index contributed by atoms with van der Waals surface area (Å²) in [6, 6.07) is 0. The van der Waals surface area contributed by atoms with E-state index in [9.17, 15) is 44.5 Å². The summed E-state index contributed by atoms with van der Waals surface area (Å²) >= 11 is 0. The molecule has 9 aliphatic carbocycles. The van der Waals surface area contributed by atoms with Crippen molar-refractivity contribution in [2.24, 2.45) is 88.8 Å². The molecule has 14 heteroatoms. The molecule has 0 radical (unpaired) electrons. The third-order valence-electron chi connectivity index (χ3n) is 17.4. The first-order chi connectivity index (χ1) is 29.9. The maximum absolute atomic E-state index is 14.8. The van der Waals surface area contributed by atoms with E-state index in [-0.39, 0.29) is 78.3 Å². The first-order valence-corrected chi connectivity index (χ1v) is 24.3. The topological polar surface area (TPSA) is 208 Å². The molecule has 7 saturated carbocycles. The van der Waals surface area contributed by atoms with Crippen LogP contribution in [0.1, 0.15) is 148 Å². The Labute approximate surface area is 371 Å². The highest BCUT2D eigenvalue weighted by Crippen LogP contribution is 2.70. The molecule has 10 aliphatic rings. The largest absolute Gasteiger partial charge is 0.492 e. The molecule has 11 rings (SSSR count). The number of cyclic esters (lactones) is 2. The van der Waals surface area contributed by atoms with Gasteiger partial charge in [0.25, 0.3) is 0 Å². The molecule has 350 valence electrons. The first kappa shape index (κ1) is 45.7. The molecule has 1 saturated heterocycles. The van der Waals surface area contributed by atoms with Crippen LogP contribution in [0.4, 0.5) is 0 Å². The number of fused-ring (bicyclic) bond motifs is 9. The van der Waals surface area contributed by atoms with E-state index >= 15 is 0 Å². The molecule has 63 heavy (non-hydrogen) atoms. The van der Waals surface area contributed by atoms with E-state index in [4.69, 9.17) is 18.9 Å². The number of carbonyl (C=O) groups excluding carboxylic acids is 5. The zero-order valence-corrected chi connectivity index (χ0v) is 38.2. The number of aliphatic hydroxyl groups is 1. The van der Waals surface area contributed by atoms with Crippen LogP contribution in [0.2, 0.25) is 0 Å². The summed E-state index contributed by atoms with van der Waals surface area (Å²) < 4.78 is 24.0. The molecular formula is C49H71NO13. The summed E-state index contributed by atoms with van der Waals surface area (Å²) in [5, 5.41) is 44.9. The Morgan fingerprint density at radius 2 is 1.32 bits per heavy atom. The average molecular weight is 882 g/mol. The van der Waals surface area contributed by atoms with Gasteiger partial charge in [-0.2, -0.15) is 0 Å². The van der Waals surface area contributed by atoms with Crippen molar-refractivity contribution in [1.29, 1.82) is 0 Å². The second-order valence-electron chi connectivity index (χ2n) is 21.7. The summed E-state index contributed by atoms with van der Waals surface area (Å²) in [6.45, 7) is 13.6. The number of hydrogen-bond acceptors (Lipinski definition) is 13. The van der Waals surface area contributed by atoms with Crippen molar-refractivity contribution in [2.75, 3.05) is 13.2 Å². The number of aromatic nitrogens is 1. The molecular weight excluding hydrogens is 811 g/mol. The highest BCUT2D eigenvalue weighted by molar-refractivity contribution is 5.97. The highest BCUT2D eigenvalue weighted by Gasteiger charge is 2.68. The molecule has 0 spiro atoms. The number of hydrogen-bond donors (Lipinski definition) is 4. The van der Waals surface area contributed by atoms with E-state index < -0.39 is 88.8 Å². The van der Waals surface area contributed by atoms with Gasteiger partial charge in [0.1, 0.15) is 5.60 Å². The van der Waals surface area contributed by atoms with E-state index in [2.05, 4.69) is 6.92 Å². The molecule has 1 aromatic heterocycles. The summed E-state index contributed by atoms with van der Waals surface area (Å²) in [7, 11) is 0. The summed E-state index contributed by atoms with van der Waals surface area (Å²) in [5.74, 6) is -11.9. The lowest BCUT2D eigenvalue weighted by Gasteiger charge is -2.61. The van der Waals surface area contributed by atoms with Crippen LogP contribution in [0.3, 0.4) is 0 Å². The predicted molar refractivity (Wildman–Crippen MR) is 226 cm³/mol. The third kappa shape index (κ3) is 7.73. The van der Waals surface area contributed by atoms with Gasteiger partial charge >= 0.3 is 29.8 Å². The highest BCUT2D eigenvalue weighted by atomic mass is 16.6. The second kappa shape index (κ2) is 17.5. The maximum atomic E-state index is 14.8. The minimum atomic E-state index is -1.06. The maximum Gasteiger partial charge on any atom is 0.317 e. The van der Waals surface area contributed by atoms with Crippen LogP contribution >= 0.6 is 0 Å². The Hall–Kier alpha value is -3.81. The van der Waals surface area contributed by atoms with Crippen LogP contribution in [-0.2, 0) is 42.9 Å². The van der Waals surface area contributed by atoms with Crippen LogP contribution in [0.25, 0.3) is 0 Å². The number of ether oxygens (including phenoxy) is 4. The van der Waals surface area contributed by atoms with Crippen molar-refractivity contribution in [2.45, 2.75) is 149 Å². The fourth-order valence-corrected chi connectivity index (χ4v) is 15.1. The fourth-order valence-electron chi connectivity index (χ4n) is 15.1. The minimum absolute atomic E-state index is 0.0437. The van der Waals surface area contributed by atoms with Gasteiger partial charge in [-0.1, -0.05) is 40.5 Å². The van der Waals surface area contributed by atoms with Crippen LogP contribution in [-0.4, -0.2) is 80.0 Å². The summed E-state index contributed by atoms with van der Waals surface area (Å²) in [4.78, 5) is 72.3. The van der Waals surface area contributed by atoms with Gasteiger partial charge in [-0.25, -0.2) is 0 Å². The SMILES string of the molecule is CCCCOC(=O)C(C)C(C(=O)OCCCC)C1C2CCC(CC2O)C1C1C(=O)OC(=O)C1C1C2CCC(CC2C(=O)OC(C)(C)C)C1C1C2CCC(c3c2c(O)n(O)c3O)C1C. The van der Waals surface area contributed by atoms with Gasteiger partial charge in [0, 0.05) is 11.1 Å². The number of nitrogens with zero attached hydrogens (tertiary/aromatic N) is 1. The lowest BCUT2D eigenvalue weighted by atomic mass is 9.41. The number of aliphatic hydroxyl groups excluding tert-OH is 1. The zero-order valence-electron chi connectivity index (χ0n) is 38.2. The molecule has 4 N–H and O–H groups in total. The Morgan fingerprint density at radius 3 is 1.92 bits per heavy atom. The summed E-state index contributed by atoms with van der Waals surface area (Å²) in [6.07, 6.45) is 7.08. The van der Waals surface area contributed by atoms with Gasteiger partial charge in [0.2, 0.25) is 11.8 Å². The number of rotatable bonds is 14. The van der Waals surface area contributed by atoms with Gasteiger partial charge in [-0.05, 0) is 156 Å². The first-order valence-electron chi connectivity index (χ1n) is 24.3. The Morgan fingerprint density at radius 1 is 0.762 bits per heavy atom. The molecule has 14 nitrogen and oxygen atoms in total. The van der Waals surface area contributed by atoms with E-state index in [0.717, 1.165) is 25.7 Å². The summed E-state index contributed by atoms with van der Waals surface area (Å²) in [5.41, 5.74) is 0.330. The molecule has 1 aromatic rings. The fraction of sp³-hybridized carbons (Fsp3) is 0.816. The van der Waals surface area contributed by atoms with Crippen molar-refractivity contribution in [3.63, 3.8) is 0 Å². The van der Waals surface area contributed by atoms with Crippen molar-refractivity contribution >= 4 is 29.8 Å². The number of carbonyl (C=O) groups is 5. The molecule has 18 unspecified atom stereocenters. The van der Waals surface area contributed by atoms with Crippen molar-refractivity contribution < 1.29 is 63.4 Å². The third-order valence-corrected chi connectivity index (χ3v) is 17.4. The molecule has 2 heterocycles. The van der Waals surface area contributed by atoms with Gasteiger partial charge in [-0.15, -0.1) is 4.73 Å². The average Bonchev–Trinajstić information content (AvgIpc) is 3.66. The Bertz CT molecular complexity index is 1930. The normalized spacial score (nSPS) is 38.8. The molecule has 6 bridgehead atoms. The van der Waals surface area contributed by atoms with Gasteiger partial charge in [0.15, 0.2) is 0 Å². The quantitative estimate of drug-likeness (QED) is 0.0478. The van der Waals surface area contributed by atoms with Gasteiger partial charge in [-0.3, -0.25) is 24.0 Å². The van der Waals surface area contributed by atoms with Crippen LogP contribution < -0.4 is 0 Å². The van der Waals surface area contributed by atoms with E-state index in [1.807, 2.05) is 34.6 Å². The molecule has 1 aliphatic heterocycles. The Balaban J connectivity index is 1.25. The number of unbranched alkanes of at least 4 members (excludes halogenated alkanes) is 2. The zero-order chi connectivity index (χ0) is 45.4. The van der Waals surface area contributed by atoms with Crippen LogP contribution in [0.15, 0.2) is 0 Å². The van der Waals surface area contributed by atoms with E-state index in [1.165, 1.54) is 0 Å². The van der Waals surface area contributed by atoms with E-state index in [1.54, 1.807) is 6.92 Å². The lowest BCUT2D eigenvalue weighted by molar-refractivity contribution is -0.187. The van der Waals surface area contributed by atoms with Crippen molar-refractivity contribution in [3.8, 4) is 11.8 Å². The number of esters is 5. The molecule has 0 amide bonds. The van der Waals surface area contributed by atoms with Gasteiger partial charge in [0.05, 0.1) is 48.9 Å². The lowest BCUT2D eigenvalue weighted by Crippen LogP contribution is -2.60. The second-order valence-corrected chi connectivity index (χ2v) is 21.7. The predicted octanol–water partition coefficient (Wildman–Crippen LogP) is 7.26. The minimum Gasteiger partial charge on any atom is -0.492 e. The van der Waals surface area contributed by atoms with Gasteiger partial charge < -0.3 is 39.5 Å². The van der Waals surface area contributed by atoms with Crippen LogP contribution in [0, 0.1) is 88.8 Å². The monoisotopic (exact) mass is 881 g/mol. The smallest absolute Gasteiger partial charge is 0.317 e. The standard InChI is InChI=1S/C49H71NO13/c1-8-10-18-60-44(54)23(4)33(46(56)61-19-11-9-2)37-28-15-13-25(21-31(28)51)35(37)40-41(48(58)62-47(40)57)36-27-14-12-24(20-30(27)45(55)63-49(5,6)7)34(36)32-22(3)26-16-17-29(32)39-38(26)42(52)50(59)43(39)53/h22-37,40-41,51-53,59H,8-21H2,1-7H3. The Kier molecular flexibility index (Phi) is 12.7. The molecule has 18 atom stereocenters. The van der Waals surface area contributed by atoms with Crippen molar-refractivity contribution in [3.05, 3.63) is 11.1 Å². The van der Waals surface area contributed by atoms with E-state index in [0.29, 0.717) is 67.2 Å². The number of aromatic hydroxyl groups is 2. The molecule has 8 fully saturated rings. The van der Waals surface area contributed by atoms with Crippen molar-refractivity contribution in [1.82, 2.24) is 4.73 Å².